The van der Waals surface area contributed by atoms with Crippen LogP contribution in [0.5, 0.6) is 0 Å². The summed E-state index contributed by atoms with van der Waals surface area (Å²) in [4.78, 5) is 42.2. The molecule has 2 bridgehead atoms. The maximum atomic E-state index is 12.7. The number of thiazole rings is 1. The van der Waals surface area contributed by atoms with Gasteiger partial charge in [-0.15, -0.1) is 15.6 Å². The molecule has 2 aliphatic heterocycles. The van der Waals surface area contributed by atoms with Crippen molar-refractivity contribution in [3.63, 3.8) is 0 Å². The number of nitrogens with one attached hydrogen (secondary N) is 1. The van der Waals surface area contributed by atoms with E-state index in [1.165, 1.54) is 18.4 Å². The van der Waals surface area contributed by atoms with Gasteiger partial charge >= 0.3 is 16.4 Å². The van der Waals surface area contributed by atoms with Crippen molar-refractivity contribution in [3.05, 3.63) is 11.1 Å². The first kappa shape index (κ1) is 20.2. The van der Waals surface area contributed by atoms with Crippen molar-refractivity contribution in [1.29, 1.82) is 0 Å². The van der Waals surface area contributed by atoms with E-state index >= 15 is 0 Å². The van der Waals surface area contributed by atoms with Crippen LogP contribution < -0.4 is 11.2 Å². The summed E-state index contributed by atoms with van der Waals surface area (Å²) in [6, 6.07) is -2.36. The zero-order chi connectivity index (χ0) is 20.6. The number of amides is 4. The van der Waals surface area contributed by atoms with Crippen LogP contribution in [0.4, 0.5) is 9.93 Å². The summed E-state index contributed by atoms with van der Waals surface area (Å²) in [7, 11) is -3.52. The lowest BCUT2D eigenvalue weighted by Crippen LogP contribution is -2.55. The molecule has 15 heteroatoms. The molecule has 2 saturated heterocycles. The van der Waals surface area contributed by atoms with Gasteiger partial charge in [0.25, 0.3) is 5.91 Å². The summed E-state index contributed by atoms with van der Waals surface area (Å²) in [5, 5.41) is 3.48. The normalized spacial score (nSPS) is 21.7. The molecule has 0 spiro atoms. The molecule has 3 rings (SSSR count). The van der Waals surface area contributed by atoms with Crippen LogP contribution in [0.3, 0.4) is 0 Å². The molecule has 0 saturated carbocycles. The van der Waals surface area contributed by atoms with Gasteiger partial charge in [0.15, 0.2) is 5.13 Å². The summed E-state index contributed by atoms with van der Waals surface area (Å²) < 4.78 is 34.9. The highest BCUT2D eigenvalue weighted by Crippen LogP contribution is 2.31. The number of carbonyl (C=O) groups excluding carboxylic acids is 3. The minimum absolute atomic E-state index is 0.0602. The molecule has 13 nitrogen and oxygen atoms in total. The molecule has 0 unspecified atom stereocenters. The Balaban J connectivity index is 1.61. The van der Waals surface area contributed by atoms with E-state index in [-0.39, 0.29) is 25.8 Å². The van der Waals surface area contributed by atoms with E-state index in [2.05, 4.69) is 14.7 Å². The molecule has 2 aliphatic rings. The minimum Gasteiger partial charge on any atom is -0.375 e. The van der Waals surface area contributed by atoms with Gasteiger partial charge in [-0.1, -0.05) is 0 Å². The number of hydrazine groups is 1. The number of likely N-dealkylation sites (N-methyl/N-ethyl adjacent to an activating group) is 1. The molecule has 4 amide bonds. The predicted octanol–water partition coefficient (Wildman–Crippen LogP) is -1.24. The van der Waals surface area contributed by atoms with E-state index in [0.717, 1.165) is 9.91 Å². The zero-order valence-corrected chi connectivity index (χ0v) is 16.3. The molecule has 2 atom stereocenters. The second-order valence-electron chi connectivity index (χ2n) is 6.30. The van der Waals surface area contributed by atoms with E-state index in [9.17, 15) is 22.8 Å². The Labute approximate surface area is 163 Å². The first-order chi connectivity index (χ1) is 13.0. The monoisotopic (exact) mass is 434 g/mol. The molecular formula is C13H18N6O7S2. The molecule has 1 aromatic heterocycles. The van der Waals surface area contributed by atoms with E-state index in [1.54, 1.807) is 5.38 Å². The zero-order valence-electron chi connectivity index (χ0n) is 14.6. The Hall–Kier alpha value is -2.49. The third-order valence-electron chi connectivity index (χ3n) is 4.32. The molecule has 154 valence electrons. The standard InChI is InChI=1S/C13H18N6O7S2/c1-17(16-10(20)4-7-6-27-12(14)15-7)11(21)9-3-2-8-5-18(9)13(22)19(8)26-28(23,24)25/h6,8-9H,2-5H2,1H3,(H2,14,15)(H,16,20)(H,23,24,25)/t8-,9+/m1/s1. The number of carbonyl (C=O) groups is 3. The second-order valence-corrected chi connectivity index (χ2v) is 8.19. The van der Waals surface area contributed by atoms with Gasteiger partial charge in [-0.2, -0.15) is 13.5 Å². The summed E-state index contributed by atoms with van der Waals surface area (Å²) in [5.74, 6) is -1.04. The average molecular weight is 434 g/mol. The van der Waals surface area contributed by atoms with Gasteiger partial charge < -0.3 is 10.6 Å². The van der Waals surface area contributed by atoms with Crippen LogP contribution in [-0.4, -0.2) is 76.4 Å². The number of anilines is 1. The quantitative estimate of drug-likeness (QED) is 0.378. The summed E-state index contributed by atoms with van der Waals surface area (Å²) in [6.07, 6.45) is 0.453. The topological polar surface area (TPSA) is 175 Å². The van der Waals surface area contributed by atoms with Gasteiger partial charge in [0, 0.05) is 19.0 Å². The number of rotatable bonds is 5. The Morgan fingerprint density at radius 1 is 1.50 bits per heavy atom. The minimum atomic E-state index is -4.87. The highest BCUT2D eigenvalue weighted by atomic mass is 32.3. The summed E-state index contributed by atoms with van der Waals surface area (Å²) in [5.41, 5.74) is 8.38. The first-order valence-electron chi connectivity index (χ1n) is 8.09. The number of fused-ring (bicyclic) bond motifs is 2. The maximum Gasteiger partial charge on any atom is 0.418 e. The third kappa shape index (κ3) is 4.32. The molecular weight excluding hydrogens is 416 g/mol. The van der Waals surface area contributed by atoms with Crippen LogP contribution in [0.1, 0.15) is 18.5 Å². The molecule has 2 fully saturated rings. The van der Waals surface area contributed by atoms with Gasteiger partial charge in [0.2, 0.25) is 5.91 Å². The summed E-state index contributed by atoms with van der Waals surface area (Å²) >= 11 is 1.19. The van der Waals surface area contributed by atoms with E-state index < -0.39 is 40.3 Å². The molecule has 0 aromatic carbocycles. The first-order valence-corrected chi connectivity index (χ1v) is 10.3. The fraction of sp³-hybridized carbons (Fsp3) is 0.538. The van der Waals surface area contributed by atoms with Crippen molar-refractivity contribution in [1.82, 2.24) is 25.4 Å². The van der Waals surface area contributed by atoms with Crippen LogP contribution in [-0.2, 0) is 30.7 Å². The van der Waals surface area contributed by atoms with Crippen molar-refractivity contribution in [2.45, 2.75) is 31.3 Å². The van der Waals surface area contributed by atoms with E-state index in [1.807, 2.05) is 0 Å². The van der Waals surface area contributed by atoms with E-state index in [0.29, 0.717) is 15.9 Å². The summed E-state index contributed by atoms with van der Waals surface area (Å²) in [6.45, 7) is 0.0602. The van der Waals surface area contributed by atoms with Crippen LogP contribution in [0.2, 0.25) is 0 Å². The Morgan fingerprint density at radius 2 is 2.21 bits per heavy atom. The highest BCUT2D eigenvalue weighted by molar-refractivity contribution is 7.80. The van der Waals surface area contributed by atoms with Crippen molar-refractivity contribution in [3.8, 4) is 0 Å². The van der Waals surface area contributed by atoms with Crippen molar-refractivity contribution < 1.29 is 31.6 Å². The van der Waals surface area contributed by atoms with Crippen LogP contribution in [0.15, 0.2) is 5.38 Å². The number of nitrogen functional groups attached to an aromatic ring is 1. The smallest absolute Gasteiger partial charge is 0.375 e. The number of aromatic nitrogens is 1. The molecule has 1 aromatic rings. The van der Waals surface area contributed by atoms with Gasteiger partial charge in [0.1, 0.15) is 6.04 Å². The van der Waals surface area contributed by atoms with E-state index in [4.69, 9.17) is 10.3 Å². The molecule has 4 N–H and O–H groups in total. The fourth-order valence-corrected chi connectivity index (χ4v) is 4.11. The number of nitrogens with two attached hydrogens (primary N) is 1. The van der Waals surface area contributed by atoms with Gasteiger partial charge in [-0.3, -0.25) is 24.6 Å². The molecule has 0 radical (unpaired) electrons. The van der Waals surface area contributed by atoms with Gasteiger partial charge in [0.05, 0.1) is 18.2 Å². The number of piperidine rings is 1. The largest absolute Gasteiger partial charge is 0.418 e. The predicted molar refractivity (Wildman–Crippen MR) is 94.5 cm³/mol. The van der Waals surface area contributed by atoms with Crippen molar-refractivity contribution in [2.24, 2.45) is 0 Å². The number of nitrogens with zero attached hydrogens (tertiary/aromatic N) is 4. The number of urea groups is 1. The lowest BCUT2D eigenvalue weighted by atomic mass is 10.0. The fourth-order valence-electron chi connectivity index (χ4n) is 3.16. The Kier molecular flexibility index (Phi) is 5.42. The Morgan fingerprint density at radius 3 is 2.82 bits per heavy atom. The van der Waals surface area contributed by atoms with Gasteiger partial charge in [-0.05, 0) is 12.8 Å². The van der Waals surface area contributed by atoms with Crippen LogP contribution in [0.25, 0.3) is 0 Å². The van der Waals surface area contributed by atoms with Crippen molar-refractivity contribution >= 4 is 44.7 Å². The third-order valence-corrected chi connectivity index (χ3v) is 5.39. The lowest BCUT2D eigenvalue weighted by Gasteiger charge is -2.32. The lowest BCUT2D eigenvalue weighted by molar-refractivity contribution is -0.143. The number of hydrogen-bond acceptors (Lipinski definition) is 9. The molecule has 3 heterocycles. The Bertz CT molecular complexity index is 903. The molecule has 28 heavy (non-hydrogen) atoms. The van der Waals surface area contributed by atoms with Crippen LogP contribution >= 0.6 is 11.3 Å². The van der Waals surface area contributed by atoms with Crippen molar-refractivity contribution in [2.75, 3.05) is 19.3 Å². The number of hydroxylamine groups is 2. The maximum absolute atomic E-state index is 12.7. The average Bonchev–Trinajstić information content (AvgIpc) is 3.10. The molecule has 0 aliphatic carbocycles. The second kappa shape index (κ2) is 7.50. The SMILES string of the molecule is CN(NC(=O)Cc1csc(N)n1)C(=O)[C@@H]1CC[C@@H]2CN1C(=O)N2OS(=O)(=O)O. The number of hydrogen-bond donors (Lipinski definition) is 3. The highest BCUT2D eigenvalue weighted by Gasteiger charge is 2.49. The van der Waals surface area contributed by atoms with Gasteiger partial charge in [-0.25, -0.2) is 9.78 Å². The van der Waals surface area contributed by atoms with Crippen LogP contribution in [0, 0.1) is 0 Å².